The first-order valence-corrected chi connectivity index (χ1v) is 3.97. The molecule has 2 rings (SSSR count). The maximum absolute atomic E-state index is 9.20. The molecule has 3 nitrogen and oxygen atoms in total. The Morgan fingerprint density at radius 3 is 3.08 bits per heavy atom. The average Bonchev–Trinajstić information content (AvgIpc) is 2.33. The Hall–Kier alpha value is -0.930. The lowest BCUT2D eigenvalue weighted by Gasteiger charge is -2.02. The first kappa shape index (κ1) is 7.71. The third-order valence-electron chi connectivity index (χ3n) is 1.86. The maximum atomic E-state index is 9.20. The molecule has 1 aliphatic heterocycles. The van der Waals surface area contributed by atoms with Crippen LogP contribution in [0.3, 0.4) is 0 Å². The summed E-state index contributed by atoms with van der Waals surface area (Å²) in [5.74, 6) is 0.724. The molecule has 0 saturated heterocycles. The molecule has 0 amide bonds. The van der Waals surface area contributed by atoms with E-state index in [2.05, 4.69) is 0 Å². The summed E-state index contributed by atoms with van der Waals surface area (Å²) in [6.07, 6.45) is 0. The first-order valence-electron chi connectivity index (χ1n) is 3.59. The highest BCUT2D eigenvalue weighted by Crippen LogP contribution is 2.39. The number of nitrogens with two attached hydrogens (primary N) is 1. The molecule has 0 saturated carbocycles. The quantitative estimate of drug-likeness (QED) is 0.643. The molecule has 4 heteroatoms. The minimum absolute atomic E-state index is 0.125. The lowest BCUT2D eigenvalue weighted by molar-refractivity contribution is 0.333. The summed E-state index contributed by atoms with van der Waals surface area (Å²) >= 11 is 5.80. The summed E-state index contributed by atoms with van der Waals surface area (Å²) < 4.78 is 5.23. The van der Waals surface area contributed by atoms with Gasteiger partial charge in [-0.1, -0.05) is 11.6 Å². The summed E-state index contributed by atoms with van der Waals surface area (Å²) in [7, 11) is 0. The van der Waals surface area contributed by atoms with E-state index in [1.54, 1.807) is 6.07 Å². The summed E-state index contributed by atoms with van der Waals surface area (Å²) in [6, 6.07) is 2.85. The molecular weight excluding hydrogens is 178 g/mol. The number of fused-ring (bicyclic) bond motifs is 1. The van der Waals surface area contributed by atoms with E-state index >= 15 is 0 Å². The third-order valence-corrected chi connectivity index (χ3v) is 2.14. The van der Waals surface area contributed by atoms with Crippen molar-refractivity contribution in [3.63, 3.8) is 0 Å². The predicted molar refractivity (Wildman–Crippen MR) is 45.5 cm³/mol. The first-order chi connectivity index (χ1) is 5.68. The zero-order valence-corrected chi connectivity index (χ0v) is 7.01. The third kappa shape index (κ3) is 1.02. The van der Waals surface area contributed by atoms with Crippen molar-refractivity contribution in [2.24, 2.45) is 5.73 Å². The molecule has 1 heterocycles. The molecule has 0 bridgehead atoms. The van der Waals surface area contributed by atoms with Gasteiger partial charge >= 0.3 is 0 Å². The number of hydrogen-bond acceptors (Lipinski definition) is 3. The van der Waals surface area contributed by atoms with E-state index in [1.807, 2.05) is 0 Å². The molecule has 0 spiro atoms. The molecule has 0 radical (unpaired) electrons. The summed E-state index contributed by atoms with van der Waals surface area (Å²) in [5, 5.41) is 9.61. The fourth-order valence-corrected chi connectivity index (χ4v) is 1.57. The van der Waals surface area contributed by atoms with Crippen molar-refractivity contribution in [2.45, 2.75) is 6.04 Å². The lowest BCUT2D eigenvalue weighted by atomic mass is 10.1. The second-order valence-corrected chi connectivity index (χ2v) is 3.17. The smallest absolute Gasteiger partial charge is 0.143 e. The summed E-state index contributed by atoms with van der Waals surface area (Å²) in [5.41, 5.74) is 6.47. The summed E-state index contributed by atoms with van der Waals surface area (Å²) in [4.78, 5) is 0. The highest BCUT2D eigenvalue weighted by atomic mass is 35.5. The second-order valence-electron chi connectivity index (χ2n) is 2.76. The van der Waals surface area contributed by atoms with E-state index < -0.39 is 0 Å². The number of aromatic hydroxyl groups is 1. The van der Waals surface area contributed by atoms with E-state index in [1.165, 1.54) is 6.07 Å². The van der Waals surface area contributed by atoms with Gasteiger partial charge in [-0.3, -0.25) is 0 Å². The molecule has 0 aromatic heterocycles. The van der Waals surface area contributed by atoms with Crippen LogP contribution in [-0.2, 0) is 0 Å². The van der Waals surface area contributed by atoms with Crippen molar-refractivity contribution in [3.05, 3.63) is 22.7 Å². The highest BCUT2D eigenvalue weighted by molar-refractivity contribution is 6.32. The van der Waals surface area contributed by atoms with Crippen LogP contribution in [0.1, 0.15) is 11.6 Å². The van der Waals surface area contributed by atoms with E-state index in [0.717, 1.165) is 5.56 Å². The molecule has 64 valence electrons. The zero-order valence-electron chi connectivity index (χ0n) is 6.25. The van der Waals surface area contributed by atoms with Gasteiger partial charge in [-0.15, -0.1) is 0 Å². The molecule has 1 aromatic rings. The molecule has 1 aliphatic rings. The van der Waals surface area contributed by atoms with Gasteiger partial charge < -0.3 is 15.6 Å². The SMILES string of the molecule is N[C@@H]1COc2c(Cl)cc(O)cc21. The number of phenolic OH excluding ortho intramolecular Hbond substituents is 1. The van der Waals surface area contributed by atoms with Gasteiger partial charge in [0.1, 0.15) is 18.1 Å². The molecular formula is C8H8ClNO2. The van der Waals surface area contributed by atoms with Crippen LogP contribution in [0.25, 0.3) is 0 Å². The van der Waals surface area contributed by atoms with Gasteiger partial charge in [-0.05, 0) is 6.07 Å². The van der Waals surface area contributed by atoms with Crippen LogP contribution in [0.2, 0.25) is 5.02 Å². The van der Waals surface area contributed by atoms with Crippen molar-refractivity contribution in [3.8, 4) is 11.5 Å². The Bertz CT molecular complexity index is 327. The molecule has 0 aliphatic carbocycles. The Labute approximate surface area is 74.7 Å². The standard InChI is InChI=1S/C8H8ClNO2/c9-6-2-4(11)1-5-7(10)3-12-8(5)6/h1-2,7,11H,3,10H2/t7-/m1/s1. The monoisotopic (exact) mass is 185 g/mol. The van der Waals surface area contributed by atoms with Gasteiger partial charge in [0.2, 0.25) is 0 Å². The van der Waals surface area contributed by atoms with Gasteiger partial charge in [-0.25, -0.2) is 0 Å². The second kappa shape index (κ2) is 2.54. The van der Waals surface area contributed by atoms with Crippen LogP contribution in [0.4, 0.5) is 0 Å². The van der Waals surface area contributed by atoms with Gasteiger partial charge in [0, 0.05) is 11.6 Å². The van der Waals surface area contributed by atoms with Crippen molar-refractivity contribution < 1.29 is 9.84 Å². The van der Waals surface area contributed by atoms with Crippen molar-refractivity contribution in [2.75, 3.05) is 6.61 Å². The minimum Gasteiger partial charge on any atom is -0.508 e. The number of rotatable bonds is 0. The van der Waals surface area contributed by atoms with Gasteiger partial charge in [-0.2, -0.15) is 0 Å². The fraction of sp³-hybridized carbons (Fsp3) is 0.250. The van der Waals surface area contributed by atoms with E-state index in [-0.39, 0.29) is 11.8 Å². The summed E-state index contributed by atoms with van der Waals surface area (Å²) in [6.45, 7) is 0.429. The van der Waals surface area contributed by atoms with Crippen LogP contribution in [0, 0.1) is 0 Å². The van der Waals surface area contributed by atoms with E-state index in [0.29, 0.717) is 17.4 Å². The van der Waals surface area contributed by atoms with Crippen molar-refractivity contribution in [1.82, 2.24) is 0 Å². The Morgan fingerprint density at radius 1 is 1.58 bits per heavy atom. The lowest BCUT2D eigenvalue weighted by Crippen LogP contribution is -2.10. The van der Waals surface area contributed by atoms with Gasteiger partial charge in [0.05, 0.1) is 11.1 Å². The average molecular weight is 186 g/mol. The van der Waals surface area contributed by atoms with Crippen LogP contribution >= 0.6 is 11.6 Å². The topological polar surface area (TPSA) is 55.5 Å². The molecule has 1 atom stereocenters. The van der Waals surface area contributed by atoms with Crippen LogP contribution in [0.5, 0.6) is 11.5 Å². The molecule has 12 heavy (non-hydrogen) atoms. The molecule has 3 N–H and O–H groups in total. The Kier molecular flexibility index (Phi) is 1.63. The van der Waals surface area contributed by atoms with Gasteiger partial charge in [0.15, 0.2) is 0 Å². The molecule has 0 fully saturated rings. The van der Waals surface area contributed by atoms with Crippen LogP contribution in [0.15, 0.2) is 12.1 Å². The number of ether oxygens (including phenoxy) is 1. The normalized spacial score (nSPS) is 20.3. The fourth-order valence-electron chi connectivity index (χ4n) is 1.29. The van der Waals surface area contributed by atoms with Crippen LogP contribution in [-0.4, -0.2) is 11.7 Å². The van der Waals surface area contributed by atoms with Crippen molar-refractivity contribution >= 4 is 11.6 Å². The Balaban J connectivity index is 2.60. The highest BCUT2D eigenvalue weighted by Gasteiger charge is 2.23. The number of halogens is 1. The molecule has 0 unspecified atom stereocenters. The maximum Gasteiger partial charge on any atom is 0.143 e. The van der Waals surface area contributed by atoms with E-state index in [4.69, 9.17) is 22.1 Å². The van der Waals surface area contributed by atoms with Gasteiger partial charge in [0.25, 0.3) is 0 Å². The number of hydrogen-bond donors (Lipinski definition) is 2. The van der Waals surface area contributed by atoms with Crippen LogP contribution < -0.4 is 10.5 Å². The predicted octanol–water partition coefficient (Wildman–Crippen LogP) is 1.44. The number of benzene rings is 1. The largest absolute Gasteiger partial charge is 0.508 e. The number of phenols is 1. The van der Waals surface area contributed by atoms with E-state index in [9.17, 15) is 5.11 Å². The van der Waals surface area contributed by atoms with Crippen molar-refractivity contribution in [1.29, 1.82) is 0 Å². The Morgan fingerprint density at radius 2 is 2.33 bits per heavy atom. The molecule has 1 aromatic carbocycles. The zero-order chi connectivity index (χ0) is 8.72. The minimum atomic E-state index is -0.176.